The first kappa shape index (κ1) is 27.0. The lowest BCUT2D eigenvalue weighted by Crippen LogP contribution is -2.65. The Morgan fingerprint density at radius 3 is 2.30 bits per heavy atom. The molecule has 0 bridgehead atoms. The van der Waals surface area contributed by atoms with E-state index in [0.717, 1.165) is 15.9 Å². The molecule has 0 amide bonds. The van der Waals surface area contributed by atoms with Crippen LogP contribution in [0.25, 0.3) is 5.69 Å². The van der Waals surface area contributed by atoms with Crippen molar-refractivity contribution in [1.82, 2.24) is 9.78 Å². The Morgan fingerprint density at radius 1 is 1.08 bits per heavy atom. The van der Waals surface area contributed by atoms with Crippen LogP contribution in [0.1, 0.15) is 44.0 Å². The molecule has 2 unspecified atom stereocenters. The van der Waals surface area contributed by atoms with Gasteiger partial charge in [0, 0.05) is 28.9 Å². The molecule has 0 saturated heterocycles. The molecule has 10 heteroatoms. The van der Waals surface area contributed by atoms with Gasteiger partial charge in [0.15, 0.2) is 0 Å². The van der Waals surface area contributed by atoms with E-state index < -0.39 is 52.5 Å². The standard InChI is InChI=1S/C26H23ClF3N3O3.CH4/c1-25(2)16-11-13(27)9-10-17(16)32(3)18(25)12-15-21(34)19(22(15)35)20-23(26(28,29)30)31-33(24(20)36)14-7-5-4-6-8-14;/h4-12,15,19,21-22,31H,1-3H3;1H4/q-2;. The van der Waals surface area contributed by atoms with Crippen LogP contribution in [-0.4, -0.2) is 29.0 Å². The fourth-order valence-corrected chi connectivity index (χ4v) is 5.62. The molecule has 1 aliphatic carbocycles. The van der Waals surface area contributed by atoms with Crippen molar-refractivity contribution in [2.45, 2.75) is 51.0 Å². The maximum atomic E-state index is 13.9. The molecule has 1 fully saturated rings. The predicted octanol–water partition coefficient (Wildman–Crippen LogP) is 3.96. The maximum Gasteiger partial charge on any atom is 0.433 e. The highest BCUT2D eigenvalue weighted by atomic mass is 35.5. The predicted molar refractivity (Wildman–Crippen MR) is 133 cm³/mol. The first-order valence-electron chi connectivity index (χ1n) is 11.4. The number of nitrogens with zero attached hydrogens (tertiary/aromatic N) is 2. The number of para-hydroxylation sites is 1. The topological polar surface area (TPSA) is 87.2 Å². The Balaban J connectivity index is 0.00000320. The lowest BCUT2D eigenvalue weighted by atomic mass is 9.64. The number of nitrogens with one attached hydrogen (secondary N) is 1. The zero-order valence-electron chi connectivity index (χ0n) is 19.6. The average molecular weight is 534 g/mol. The zero-order valence-corrected chi connectivity index (χ0v) is 20.4. The summed E-state index contributed by atoms with van der Waals surface area (Å²) in [5.41, 5.74) is -1.11. The van der Waals surface area contributed by atoms with Crippen LogP contribution in [0.15, 0.2) is 65.1 Å². The van der Waals surface area contributed by atoms with E-state index in [1.807, 2.05) is 30.9 Å². The van der Waals surface area contributed by atoms with E-state index in [-0.39, 0.29) is 13.1 Å². The van der Waals surface area contributed by atoms with Gasteiger partial charge in [-0.3, -0.25) is 9.89 Å². The summed E-state index contributed by atoms with van der Waals surface area (Å²) in [5.74, 6) is -2.71. The molecule has 2 atom stereocenters. The Kier molecular flexibility index (Phi) is 6.63. The number of halogens is 4. The highest BCUT2D eigenvalue weighted by Crippen LogP contribution is 2.50. The highest BCUT2D eigenvalue weighted by molar-refractivity contribution is 6.30. The lowest BCUT2D eigenvalue weighted by Gasteiger charge is -2.60. The van der Waals surface area contributed by atoms with Gasteiger partial charge in [0.05, 0.1) is 11.3 Å². The van der Waals surface area contributed by atoms with Gasteiger partial charge in [-0.15, -0.1) is 12.2 Å². The first-order valence-corrected chi connectivity index (χ1v) is 11.8. The van der Waals surface area contributed by atoms with Gasteiger partial charge in [-0.25, -0.2) is 4.68 Å². The molecule has 37 heavy (non-hydrogen) atoms. The second-order valence-corrected chi connectivity index (χ2v) is 10.2. The van der Waals surface area contributed by atoms with Gasteiger partial charge in [-0.05, 0) is 47.7 Å². The molecule has 2 heterocycles. The van der Waals surface area contributed by atoms with E-state index in [1.54, 1.807) is 37.4 Å². The molecule has 1 aromatic heterocycles. The normalized spacial score (nSPS) is 25.5. The number of H-pyrrole nitrogens is 1. The molecule has 2 aromatic carbocycles. The zero-order chi connectivity index (χ0) is 26.2. The number of hydrogen-bond acceptors (Lipinski definition) is 4. The summed E-state index contributed by atoms with van der Waals surface area (Å²) in [6.07, 6.45) is -6.78. The molecule has 198 valence electrons. The van der Waals surface area contributed by atoms with Crippen molar-refractivity contribution in [3.63, 3.8) is 0 Å². The second-order valence-electron chi connectivity index (χ2n) is 9.80. The molecule has 6 nitrogen and oxygen atoms in total. The molecule has 1 saturated carbocycles. The molecule has 3 aromatic rings. The summed E-state index contributed by atoms with van der Waals surface area (Å²) in [7, 11) is 1.80. The van der Waals surface area contributed by atoms with E-state index in [9.17, 15) is 28.2 Å². The van der Waals surface area contributed by atoms with Crippen molar-refractivity contribution in [3.05, 3.63) is 92.5 Å². The van der Waals surface area contributed by atoms with Gasteiger partial charge in [0.2, 0.25) is 0 Å². The van der Waals surface area contributed by atoms with Crippen molar-refractivity contribution in [2.75, 3.05) is 11.9 Å². The molecular formula is C27H27ClF3N3O3-2. The van der Waals surface area contributed by atoms with E-state index in [1.165, 1.54) is 12.1 Å². The molecular weight excluding hydrogens is 507 g/mol. The third-order valence-electron chi connectivity index (χ3n) is 7.37. The van der Waals surface area contributed by atoms with Gasteiger partial charge < -0.3 is 15.1 Å². The Bertz CT molecular complexity index is 1400. The lowest BCUT2D eigenvalue weighted by molar-refractivity contribution is -0.543. The number of anilines is 1. The van der Waals surface area contributed by atoms with E-state index in [2.05, 4.69) is 5.10 Å². The summed E-state index contributed by atoms with van der Waals surface area (Å²) >= 11 is 6.17. The number of alkyl halides is 3. The average Bonchev–Trinajstić information content (AvgIpc) is 3.24. The first-order chi connectivity index (χ1) is 16.8. The van der Waals surface area contributed by atoms with Gasteiger partial charge in [-0.2, -0.15) is 13.2 Å². The van der Waals surface area contributed by atoms with Crippen molar-refractivity contribution in [3.8, 4) is 5.69 Å². The molecule has 0 radical (unpaired) electrons. The molecule has 0 spiro atoms. The summed E-state index contributed by atoms with van der Waals surface area (Å²) in [6.45, 7) is 3.86. The maximum absolute atomic E-state index is 13.9. The monoisotopic (exact) mass is 533 g/mol. The van der Waals surface area contributed by atoms with Gasteiger partial charge >= 0.3 is 6.18 Å². The summed E-state index contributed by atoms with van der Waals surface area (Å²) in [5, 5.41) is 29.1. The fraction of sp³-hybridized carbons (Fsp3) is 0.370. The largest absolute Gasteiger partial charge is 0.851 e. The van der Waals surface area contributed by atoms with Crippen molar-refractivity contribution in [1.29, 1.82) is 0 Å². The molecule has 1 N–H and O–H groups in total. The smallest absolute Gasteiger partial charge is 0.433 e. The van der Waals surface area contributed by atoms with Crippen molar-refractivity contribution < 1.29 is 23.4 Å². The Hall–Kier alpha value is -3.01. The van der Waals surface area contributed by atoms with Gasteiger partial charge in [0.1, 0.15) is 5.69 Å². The number of hydrogen-bond donors (Lipinski definition) is 1. The number of benzene rings is 2. The highest BCUT2D eigenvalue weighted by Gasteiger charge is 2.47. The third-order valence-corrected chi connectivity index (χ3v) is 7.60. The third kappa shape index (κ3) is 4.09. The van der Waals surface area contributed by atoms with Crippen LogP contribution in [0.3, 0.4) is 0 Å². The van der Waals surface area contributed by atoms with Crippen LogP contribution in [0.4, 0.5) is 18.9 Å². The van der Waals surface area contributed by atoms with Gasteiger partial charge in [-0.1, -0.05) is 57.2 Å². The summed E-state index contributed by atoms with van der Waals surface area (Å²) < 4.78 is 42.4. The van der Waals surface area contributed by atoms with Crippen molar-refractivity contribution >= 4 is 17.3 Å². The number of aromatic amines is 1. The van der Waals surface area contributed by atoms with E-state index in [0.29, 0.717) is 10.7 Å². The SMILES string of the molecule is C.CN1C(=CC2C([O-])C(c3c(C(F)(F)F)[nH]n(-c4ccccc4)c3=O)C2[O-])C(C)(C)c2cc(Cl)ccc21. The fourth-order valence-electron chi connectivity index (χ4n) is 5.45. The number of fused-ring (bicyclic) bond motifs is 1. The van der Waals surface area contributed by atoms with Crippen LogP contribution in [0.5, 0.6) is 0 Å². The van der Waals surface area contributed by atoms with E-state index in [4.69, 9.17) is 11.6 Å². The molecule has 1 aliphatic heterocycles. The van der Waals surface area contributed by atoms with Crippen LogP contribution in [-0.2, 0) is 11.6 Å². The molecule has 5 rings (SSSR count). The Morgan fingerprint density at radius 2 is 1.70 bits per heavy atom. The van der Waals surface area contributed by atoms with Crippen LogP contribution < -0.4 is 20.7 Å². The number of likely N-dealkylation sites (N-methyl/N-ethyl adjacent to an activating group) is 1. The van der Waals surface area contributed by atoms with Crippen LogP contribution in [0.2, 0.25) is 5.02 Å². The minimum absolute atomic E-state index is 0. The van der Waals surface area contributed by atoms with Crippen LogP contribution in [0, 0.1) is 5.92 Å². The minimum Gasteiger partial charge on any atom is -0.851 e. The van der Waals surface area contributed by atoms with Crippen LogP contribution >= 0.6 is 11.6 Å². The minimum atomic E-state index is -4.94. The Labute approximate surface area is 217 Å². The second kappa shape index (κ2) is 9.08. The number of aromatic nitrogens is 2. The number of rotatable bonds is 3. The quantitative estimate of drug-likeness (QED) is 0.552. The summed E-state index contributed by atoms with van der Waals surface area (Å²) in [6, 6.07) is 13.1. The van der Waals surface area contributed by atoms with E-state index >= 15 is 0 Å². The summed E-state index contributed by atoms with van der Waals surface area (Å²) in [4.78, 5) is 14.9. The molecule has 2 aliphatic rings. The van der Waals surface area contributed by atoms with Crippen molar-refractivity contribution in [2.24, 2.45) is 5.92 Å². The number of allylic oxidation sites excluding steroid dienone is 1. The van der Waals surface area contributed by atoms with Gasteiger partial charge in [0.25, 0.3) is 5.56 Å².